The summed E-state index contributed by atoms with van der Waals surface area (Å²) < 4.78 is 5.92. The summed E-state index contributed by atoms with van der Waals surface area (Å²) in [6.07, 6.45) is 1.42. The van der Waals surface area contributed by atoms with Crippen LogP contribution >= 0.6 is 0 Å². The van der Waals surface area contributed by atoms with Gasteiger partial charge < -0.3 is 9.94 Å². The minimum Gasteiger partial charge on any atom is -0.488 e. The lowest BCUT2D eigenvalue weighted by atomic mass is 10.0. The molecule has 110 valence electrons. The first kappa shape index (κ1) is 14.1. The number of hydrogen-bond donors (Lipinski definition) is 1. The molecule has 22 heavy (non-hydrogen) atoms. The van der Waals surface area contributed by atoms with E-state index in [9.17, 15) is 0 Å². The predicted molar refractivity (Wildman–Crippen MR) is 88.8 cm³/mol. The standard InChI is InChI=1S/C19H17NO2/c1-14-6-8-15(9-7-14)13-22-19-11-10-16-4-2-3-5-17(16)18(19)12-20-21/h2-12,21H,13H2,1H3/b20-12-. The van der Waals surface area contributed by atoms with E-state index in [2.05, 4.69) is 36.3 Å². The minimum absolute atomic E-state index is 0.477. The van der Waals surface area contributed by atoms with E-state index in [0.29, 0.717) is 12.4 Å². The molecule has 0 bridgehead atoms. The maximum atomic E-state index is 8.93. The second kappa shape index (κ2) is 6.31. The number of hydrogen-bond acceptors (Lipinski definition) is 3. The summed E-state index contributed by atoms with van der Waals surface area (Å²) in [5, 5.41) is 14.2. The zero-order valence-corrected chi connectivity index (χ0v) is 12.4. The fourth-order valence-corrected chi connectivity index (χ4v) is 2.44. The van der Waals surface area contributed by atoms with Crippen molar-refractivity contribution in [2.24, 2.45) is 5.16 Å². The lowest BCUT2D eigenvalue weighted by Gasteiger charge is -2.11. The van der Waals surface area contributed by atoms with Gasteiger partial charge in [-0.3, -0.25) is 0 Å². The Bertz CT molecular complexity index is 807. The summed E-state index contributed by atoms with van der Waals surface area (Å²) in [6, 6.07) is 20.1. The molecule has 0 heterocycles. The summed E-state index contributed by atoms with van der Waals surface area (Å²) >= 11 is 0. The van der Waals surface area contributed by atoms with Gasteiger partial charge in [-0.25, -0.2) is 0 Å². The maximum Gasteiger partial charge on any atom is 0.129 e. The Hall–Kier alpha value is -2.81. The number of ether oxygens (including phenoxy) is 1. The van der Waals surface area contributed by atoms with Gasteiger partial charge in [0.05, 0.1) is 6.21 Å². The Kier molecular flexibility index (Phi) is 4.05. The molecule has 0 aromatic heterocycles. The highest BCUT2D eigenvalue weighted by Crippen LogP contribution is 2.27. The van der Waals surface area contributed by atoms with E-state index < -0.39 is 0 Å². The lowest BCUT2D eigenvalue weighted by Crippen LogP contribution is -1.99. The zero-order valence-electron chi connectivity index (χ0n) is 12.4. The van der Waals surface area contributed by atoms with Crippen LogP contribution in [0.1, 0.15) is 16.7 Å². The minimum atomic E-state index is 0.477. The van der Waals surface area contributed by atoms with Crippen LogP contribution in [0.25, 0.3) is 10.8 Å². The van der Waals surface area contributed by atoms with Crippen LogP contribution in [0.4, 0.5) is 0 Å². The van der Waals surface area contributed by atoms with Gasteiger partial charge in [0, 0.05) is 5.56 Å². The smallest absolute Gasteiger partial charge is 0.129 e. The van der Waals surface area contributed by atoms with Gasteiger partial charge in [-0.2, -0.15) is 0 Å². The van der Waals surface area contributed by atoms with Gasteiger partial charge in [0.1, 0.15) is 12.4 Å². The molecule has 3 rings (SSSR count). The number of nitrogens with zero attached hydrogens (tertiary/aromatic N) is 1. The number of rotatable bonds is 4. The fourth-order valence-electron chi connectivity index (χ4n) is 2.44. The maximum absolute atomic E-state index is 8.93. The van der Waals surface area contributed by atoms with Crippen molar-refractivity contribution in [1.82, 2.24) is 0 Å². The van der Waals surface area contributed by atoms with Crippen LogP contribution in [0, 0.1) is 6.92 Å². The van der Waals surface area contributed by atoms with Gasteiger partial charge >= 0.3 is 0 Å². The molecule has 0 aliphatic rings. The van der Waals surface area contributed by atoms with Crippen molar-refractivity contribution in [3.63, 3.8) is 0 Å². The topological polar surface area (TPSA) is 41.8 Å². The molecule has 3 aromatic rings. The molecule has 3 nitrogen and oxygen atoms in total. The second-order valence-corrected chi connectivity index (χ2v) is 5.22. The van der Waals surface area contributed by atoms with Crippen molar-refractivity contribution in [3.8, 4) is 5.75 Å². The Morgan fingerprint density at radius 3 is 2.55 bits per heavy atom. The number of fused-ring (bicyclic) bond motifs is 1. The molecule has 0 unspecified atom stereocenters. The third kappa shape index (κ3) is 2.93. The molecule has 3 aromatic carbocycles. The lowest BCUT2D eigenvalue weighted by molar-refractivity contribution is 0.304. The SMILES string of the molecule is Cc1ccc(COc2ccc3ccccc3c2/C=N\O)cc1. The molecule has 0 amide bonds. The summed E-state index contributed by atoms with van der Waals surface area (Å²) in [5.41, 5.74) is 3.11. The van der Waals surface area contributed by atoms with Crippen molar-refractivity contribution in [2.45, 2.75) is 13.5 Å². The Morgan fingerprint density at radius 1 is 1.00 bits per heavy atom. The van der Waals surface area contributed by atoms with Gasteiger partial charge in [0.25, 0.3) is 0 Å². The summed E-state index contributed by atoms with van der Waals surface area (Å²) in [6.45, 7) is 2.54. The Balaban J connectivity index is 1.92. The predicted octanol–water partition coefficient (Wildman–Crippen LogP) is 4.54. The number of benzene rings is 3. The largest absolute Gasteiger partial charge is 0.488 e. The van der Waals surface area contributed by atoms with E-state index >= 15 is 0 Å². The highest BCUT2D eigenvalue weighted by atomic mass is 16.5. The zero-order chi connectivity index (χ0) is 15.4. The van der Waals surface area contributed by atoms with Crippen LogP contribution in [-0.2, 0) is 6.61 Å². The third-order valence-electron chi connectivity index (χ3n) is 3.63. The molecule has 0 saturated carbocycles. The van der Waals surface area contributed by atoms with Crippen molar-refractivity contribution in [1.29, 1.82) is 0 Å². The summed E-state index contributed by atoms with van der Waals surface area (Å²) in [7, 11) is 0. The quantitative estimate of drug-likeness (QED) is 0.436. The highest BCUT2D eigenvalue weighted by Gasteiger charge is 2.07. The normalized spacial score (nSPS) is 11.1. The molecular formula is C19H17NO2. The Labute approximate surface area is 129 Å². The second-order valence-electron chi connectivity index (χ2n) is 5.22. The van der Waals surface area contributed by atoms with Crippen molar-refractivity contribution in [3.05, 3.63) is 77.4 Å². The van der Waals surface area contributed by atoms with E-state index in [1.807, 2.05) is 36.4 Å². The van der Waals surface area contributed by atoms with Gasteiger partial charge in [-0.15, -0.1) is 0 Å². The molecule has 0 spiro atoms. The number of aryl methyl sites for hydroxylation is 1. The number of oxime groups is 1. The first-order chi connectivity index (χ1) is 10.8. The summed E-state index contributed by atoms with van der Waals surface area (Å²) in [4.78, 5) is 0. The van der Waals surface area contributed by atoms with Gasteiger partial charge in [0.15, 0.2) is 0 Å². The van der Waals surface area contributed by atoms with Crippen LogP contribution < -0.4 is 4.74 Å². The van der Waals surface area contributed by atoms with E-state index in [4.69, 9.17) is 9.94 Å². The first-order valence-electron chi connectivity index (χ1n) is 7.15. The van der Waals surface area contributed by atoms with Crippen LogP contribution in [0.2, 0.25) is 0 Å². The highest BCUT2D eigenvalue weighted by molar-refractivity contribution is 6.02. The van der Waals surface area contributed by atoms with Crippen LogP contribution in [0.3, 0.4) is 0 Å². The van der Waals surface area contributed by atoms with E-state index in [1.165, 1.54) is 11.8 Å². The molecule has 1 N–H and O–H groups in total. The molecule has 0 aliphatic heterocycles. The van der Waals surface area contributed by atoms with E-state index in [-0.39, 0.29) is 0 Å². The van der Waals surface area contributed by atoms with E-state index in [1.54, 1.807) is 0 Å². The van der Waals surface area contributed by atoms with E-state index in [0.717, 1.165) is 21.9 Å². The molecular weight excluding hydrogens is 274 g/mol. The van der Waals surface area contributed by atoms with Crippen molar-refractivity contribution in [2.75, 3.05) is 0 Å². The molecule has 0 saturated heterocycles. The average molecular weight is 291 g/mol. The van der Waals surface area contributed by atoms with Gasteiger partial charge in [-0.05, 0) is 29.3 Å². The first-order valence-corrected chi connectivity index (χ1v) is 7.15. The van der Waals surface area contributed by atoms with Gasteiger partial charge in [-0.1, -0.05) is 65.3 Å². The molecule has 0 atom stereocenters. The Morgan fingerprint density at radius 2 is 1.77 bits per heavy atom. The van der Waals surface area contributed by atoms with Crippen molar-refractivity contribution >= 4 is 17.0 Å². The summed E-state index contributed by atoms with van der Waals surface area (Å²) in [5.74, 6) is 0.706. The van der Waals surface area contributed by atoms with Crippen molar-refractivity contribution < 1.29 is 9.94 Å². The van der Waals surface area contributed by atoms with Crippen LogP contribution in [-0.4, -0.2) is 11.4 Å². The average Bonchev–Trinajstić information content (AvgIpc) is 2.56. The monoisotopic (exact) mass is 291 g/mol. The molecule has 3 heteroatoms. The van der Waals surface area contributed by atoms with Crippen LogP contribution in [0.5, 0.6) is 5.75 Å². The fraction of sp³-hybridized carbons (Fsp3) is 0.105. The molecule has 0 fully saturated rings. The third-order valence-corrected chi connectivity index (χ3v) is 3.63. The molecule has 0 aliphatic carbocycles. The van der Waals surface area contributed by atoms with Gasteiger partial charge in [0.2, 0.25) is 0 Å². The van der Waals surface area contributed by atoms with Crippen LogP contribution in [0.15, 0.2) is 65.8 Å². The molecule has 0 radical (unpaired) electrons.